The summed E-state index contributed by atoms with van der Waals surface area (Å²) in [6.45, 7) is 4.38. The molecule has 0 bridgehead atoms. The predicted molar refractivity (Wildman–Crippen MR) is 39.4 cm³/mol. The number of hydrogen-bond donors (Lipinski definition) is 0. The topological polar surface area (TPSA) is 26.3 Å². The van der Waals surface area contributed by atoms with Crippen LogP contribution in [-0.4, -0.2) is 5.97 Å². The van der Waals surface area contributed by atoms with Crippen LogP contribution in [-0.2, 0) is 46.3 Å². The SMILES string of the molecule is CC(C)CCCCC(=O)[O][Au].[Co]. The summed E-state index contributed by atoms with van der Waals surface area (Å²) < 4.78 is 4.46. The van der Waals surface area contributed by atoms with E-state index in [0.29, 0.717) is 6.42 Å². The Morgan fingerprint density at radius 1 is 1.42 bits per heavy atom. The average molecular weight is 399 g/mol. The van der Waals surface area contributed by atoms with E-state index in [1.807, 2.05) is 0 Å². The molecule has 4 heteroatoms. The van der Waals surface area contributed by atoms with E-state index in [-0.39, 0.29) is 22.7 Å². The van der Waals surface area contributed by atoms with Gasteiger partial charge in [0.25, 0.3) is 0 Å². The van der Waals surface area contributed by atoms with Crippen LogP contribution in [0.15, 0.2) is 0 Å². The van der Waals surface area contributed by atoms with Crippen LogP contribution in [0.5, 0.6) is 0 Å². The number of unbranched alkanes of at least 4 members (excludes halogenated alkanes) is 1. The van der Waals surface area contributed by atoms with Gasteiger partial charge in [0.05, 0.1) is 0 Å². The van der Waals surface area contributed by atoms with Crippen LogP contribution >= 0.6 is 0 Å². The molecule has 0 atom stereocenters. The Labute approximate surface area is 97.4 Å². The number of carbonyl (C=O) groups excluding carboxylic acids is 1. The third kappa shape index (κ3) is 10.7. The van der Waals surface area contributed by atoms with Crippen molar-refractivity contribution >= 4 is 5.97 Å². The molecule has 1 radical (unpaired) electrons. The summed E-state index contributed by atoms with van der Waals surface area (Å²) in [5.74, 6) is 0.626. The summed E-state index contributed by atoms with van der Waals surface area (Å²) in [6.07, 6.45) is 3.84. The molecule has 2 nitrogen and oxygen atoms in total. The molecule has 0 unspecified atom stereocenters. The van der Waals surface area contributed by atoms with Gasteiger partial charge in [-0.15, -0.1) is 0 Å². The molecule has 79 valence electrons. The molecule has 0 saturated carbocycles. The molecule has 0 aliphatic rings. The number of rotatable bonds is 5. The van der Waals surface area contributed by atoms with Crippen molar-refractivity contribution in [3.63, 3.8) is 0 Å². The zero-order valence-electron chi connectivity index (χ0n) is 7.36. The molecule has 0 amide bonds. The summed E-state index contributed by atoms with van der Waals surface area (Å²) in [7, 11) is 0. The van der Waals surface area contributed by atoms with E-state index < -0.39 is 0 Å². The largest absolute Gasteiger partial charge is 0 e. The summed E-state index contributed by atoms with van der Waals surface area (Å²) in [4.78, 5) is 10.6. The normalized spacial score (nSPS) is 9.42. The number of hydrogen-bond acceptors (Lipinski definition) is 2. The summed E-state index contributed by atoms with van der Waals surface area (Å²) in [6, 6.07) is 0. The van der Waals surface area contributed by atoms with Crippen LogP contribution < -0.4 is 0 Å². The molecule has 0 aromatic carbocycles. The second kappa shape index (κ2) is 9.80. The van der Waals surface area contributed by atoms with E-state index in [4.69, 9.17) is 0 Å². The maximum absolute atomic E-state index is 10.6. The molecule has 0 N–H and O–H groups in total. The van der Waals surface area contributed by atoms with Gasteiger partial charge in [0, 0.05) is 16.8 Å². The molecule has 0 saturated heterocycles. The smallest absolute Gasteiger partial charge is 0 e. The first-order valence-electron chi connectivity index (χ1n) is 3.95. The van der Waals surface area contributed by atoms with Gasteiger partial charge in [-0.05, 0) is 0 Å². The first-order valence-corrected chi connectivity index (χ1v) is 4.83. The molecule has 0 aliphatic heterocycles. The Kier molecular flexibility index (Phi) is 12.4. The number of carbonyl (C=O) groups is 1. The van der Waals surface area contributed by atoms with E-state index in [1.54, 1.807) is 21.5 Å². The summed E-state index contributed by atoms with van der Waals surface area (Å²) in [5, 5.41) is 0. The minimum atomic E-state index is -0.114. The molecule has 0 fully saturated rings. The van der Waals surface area contributed by atoms with Gasteiger partial charge < -0.3 is 0 Å². The standard InChI is InChI=1S/C8H16O2.Au.Co/c1-7(2)5-3-4-6-8(9)10;;/h7H,3-6H2,1-2H3,(H,9,10);;/q;+1;/p-1. The van der Waals surface area contributed by atoms with E-state index >= 15 is 0 Å². The Balaban J connectivity index is 0. The van der Waals surface area contributed by atoms with Crippen molar-refractivity contribution in [2.75, 3.05) is 0 Å². The molecule has 0 aromatic rings. The van der Waals surface area contributed by atoms with Crippen LogP contribution in [0.1, 0.15) is 39.5 Å². The molecule has 12 heavy (non-hydrogen) atoms. The second-order valence-electron chi connectivity index (χ2n) is 3.07. The molecular formula is C8H15AuCoO2. The van der Waals surface area contributed by atoms with Gasteiger partial charge in [-0.3, -0.25) is 0 Å². The quantitative estimate of drug-likeness (QED) is 0.524. The fourth-order valence-electron chi connectivity index (χ4n) is 0.853. The van der Waals surface area contributed by atoms with Gasteiger partial charge >= 0.3 is 80.9 Å². The van der Waals surface area contributed by atoms with Crippen LogP contribution in [0.3, 0.4) is 0 Å². The molecular weight excluding hydrogens is 384 g/mol. The van der Waals surface area contributed by atoms with E-state index in [1.165, 1.54) is 6.42 Å². The van der Waals surface area contributed by atoms with Gasteiger partial charge in [-0.25, -0.2) is 0 Å². The van der Waals surface area contributed by atoms with E-state index in [2.05, 4.69) is 17.1 Å². The minimum absolute atomic E-state index is 0. The van der Waals surface area contributed by atoms with Gasteiger partial charge in [0.2, 0.25) is 0 Å². The van der Waals surface area contributed by atoms with Gasteiger partial charge in [-0.1, -0.05) is 0 Å². The molecule has 0 rings (SSSR count). The zero-order valence-corrected chi connectivity index (χ0v) is 10.6. The third-order valence-corrected chi connectivity index (χ3v) is 1.97. The van der Waals surface area contributed by atoms with Crippen LogP contribution in [0.2, 0.25) is 0 Å². The van der Waals surface area contributed by atoms with Crippen molar-refractivity contribution in [2.45, 2.75) is 39.5 Å². The monoisotopic (exact) mass is 399 g/mol. The maximum atomic E-state index is 10.6. The van der Waals surface area contributed by atoms with Crippen molar-refractivity contribution in [2.24, 2.45) is 5.92 Å². The van der Waals surface area contributed by atoms with E-state index in [9.17, 15) is 4.79 Å². The molecule has 0 heterocycles. The Morgan fingerprint density at radius 3 is 2.42 bits per heavy atom. The molecule has 0 aromatic heterocycles. The first kappa shape index (κ1) is 15.2. The van der Waals surface area contributed by atoms with Gasteiger partial charge in [-0.2, -0.15) is 0 Å². The van der Waals surface area contributed by atoms with Crippen molar-refractivity contribution in [3.05, 3.63) is 0 Å². The average Bonchev–Trinajstić information content (AvgIpc) is 1.97. The van der Waals surface area contributed by atoms with Crippen LogP contribution in [0.4, 0.5) is 0 Å². The van der Waals surface area contributed by atoms with Crippen molar-refractivity contribution < 1.29 is 46.3 Å². The minimum Gasteiger partial charge on any atom is 0 e. The Hall–Kier alpha value is 0.717. The third-order valence-electron chi connectivity index (χ3n) is 1.48. The van der Waals surface area contributed by atoms with E-state index in [0.717, 1.165) is 18.8 Å². The predicted octanol–water partition coefficient (Wildman–Crippen LogP) is 2.21. The molecule has 0 spiro atoms. The Morgan fingerprint density at radius 2 is 2.00 bits per heavy atom. The molecule has 0 aliphatic carbocycles. The van der Waals surface area contributed by atoms with Crippen LogP contribution in [0, 0.1) is 5.92 Å². The first-order chi connectivity index (χ1) is 5.16. The Bertz CT molecular complexity index is 118. The maximum Gasteiger partial charge on any atom is 0 e. The van der Waals surface area contributed by atoms with Gasteiger partial charge in [0.1, 0.15) is 0 Å². The van der Waals surface area contributed by atoms with Gasteiger partial charge in [0.15, 0.2) is 0 Å². The van der Waals surface area contributed by atoms with Crippen molar-refractivity contribution in [1.82, 2.24) is 0 Å². The fourth-order valence-corrected chi connectivity index (χ4v) is 1.07. The summed E-state index contributed by atoms with van der Waals surface area (Å²) >= 11 is 1.79. The van der Waals surface area contributed by atoms with Crippen molar-refractivity contribution in [3.8, 4) is 0 Å². The van der Waals surface area contributed by atoms with Crippen molar-refractivity contribution in [1.29, 1.82) is 0 Å². The second-order valence-corrected chi connectivity index (χ2v) is 3.52. The van der Waals surface area contributed by atoms with Crippen LogP contribution in [0.25, 0.3) is 0 Å². The summed E-state index contributed by atoms with van der Waals surface area (Å²) in [5.41, 5.74) is 0. The zero-order chi connectivity index (χ0) is 8.69. The fraction of sp³-hybridized carbons (Fsp3) is 0.875.